The fourth-order valence-electron chi connectivity index (χ4n) is 2.44. The number of aryl methyl sites for hydroxylation is 1. The molecular formula is C15H19N5O. The maximum absolute atomic E-state index is 5.84. The number of hydrogen-bond acceptors (Lipinski definition) is 6. The molecule has 1 aliphatic heterocycles. The number of hydrogen-bond donors (Lipinski definition) is 2. The highest BCUT2D eigenvalue weighted by molar-refractivity contribution is 5.43. The van der Waals surface area contributed by atoms with Gasteiger partial charge in [0, 0.05) is 36.9 Å². The van der Waals surface area contributed by atoms with E-state index >= 15 is 0 Å². The van der Waals surface area contributed by atoms with Gasteiger partial charge in [-0.2, -0.15) is 0 Å². The Morgan fingerprint density at radius 3 is 3.10 bits per heavy atom. The third-order valence-electron chi connectivity index (χ3n) is 3.59. The molecule has 1 fully saturated rings. The van der Waals surface area contributed by atoms with Gasteiger partial charge in [0.25, 0.3) is 0 Å². The van der Waals surface area contributed by atoms with Crippen molar-refractivity contribution in [3.8, 4) is 0 Å². The summed E-state index contributed by atoms with van der Waals surface area (Å²) in [5.41, 5.74) is 7.84. The standard InChI is InChI=1S/C15H19N5O/c1-10-19-13(12-4-6-21-9-12)7-14(20-10)18-8-11-3-2-5-17-15(11)16/h2-3,5,7,12H,4,6,8-9H2,1H3,(H2,16,17)(H,18,19,20). The Morgan fingerprint density at radius 2 is 2.33 bits per heavy atom. The normalized spacial score (nSPS) is 17.9. The van der Waals surface area contributed by atoms with Gasteiger partial charge in [-0.05, 0) is 19.4 Å². The molecule has 21 heavy (non-hydrogen) atoms. The lowest BCUT2D eigenvalue weighted by Crippen LogP contribution is -2.09. The van der Waals surface area contributed by atoms with Gasteiger partial charge in [0.2, 0.25) is 0 Å². The van der Waals surface area contributed by atoms with Crippen LogP contribution in [0.3, 0.4) is 0 Å². The number of nitrogens with zero attached hydrogens (tertiary/aromatic N) is 3. The molecule has 0 saturated carbocycles. The molecule has 0 aliphatic carbocycles. The third kappa shape index (κ3) is 3.28. The number of rotatable bonds is 4. The number of nitrogens with one attached hydrogen (secondary N) is 1. The maximum Gasteiger partial charge on any atom is 0.130 e. The Bertz CT molecular complexity index is 625. The van der Waals surface area contributed by atoms with Crippen LogP contribution in [-0.4, -0.2) is 28.2 Å². The van der Waals surface area contributed by atoms with E-state index in [0.29, 0.717) is 18.3 Å². The van der Waals surface area contributed by atoms with E-state index in [-0.39, 0.29) is 0 Å². The van der Waals surface area contributed by atoms with Crippen LogP contribution in [0.2, 0.25) is 0 Å². The van der Waals surface area contributed by atoms with Gasteiger partial charge in [0.05, 0.1) is 12.3 Å². The summed E-state index contributed by atoms with van der Waals surface area (Å²) in [6.07, 6.45) is 2.71. The lowest BCUT2D eigenvalue weighted by molar-refractivity contribution is 0.193. The van der Waals surface area contributed by atoms with Crippen molar-refractivity contribution in [1.29, 1.82) is 0 Å². The van der Waals surface area contributed by atoms with Gasteiger partial charge in [0.1, 0.15) is 17.5 Å². The second-order valence-corrected chi connectivity index (χ2v) is 5.19. The van der Waals surface area contributed by atoms with Crippen LogP contribution in [0.4, 0.5) is 11.6 Å². The molecule has 6 nitrogen and oxygen atoms in total. The predicted octanol–water partition coefficient (Wildman–Crippen LogP) is 1.88. The summed E-state index contributed by atoms with van der Waals surface area (Å²) in [6.45, 7) is 4.05. The van der Waals surface area contributed by atoms with Gasteiger partial charge in [-0.25, -0.2) is 15.0 Å². The van der Waals surface area contributed by atoms with Crippen LogP contribution in [-0.2, 0) is 11.3 Å². The smallest absolute Gasteiger partial charge is 0.130 e. The molecule has 1 aliphatic rings. The Balaban J connectivity index is 1.74. The first-order chi connectivity index (χ1) is 10.2. The summed E-state index contributed by atoms with van der Waals surface area (Å²) >= 11 is 0. The second kappa shape index (κ2) is 6.05. The first kappa shape index (κ1) is 13.8. The molecular weight excluding hydrogens is 266 g/mol. The Labute approximate surface area is 123 Å². The molecule has 2 aromatic heterocycles. The van der Waals surface area contributed by atoms with Gasteiger partial charge >= 0.3 is 0 Å². The maximum atomic E-state index is 5.84. The molecule has 110 valence electrons. The van der Waals surface area contributed by atoms with E-state index in [1.54, 1.807) is 6.20 Å². The molecule has 0 amide bonds. The number of ether oxygens (including phenoxy) is 1. The van der Waals surface area contributed by atoms with E-state index in [1.807, 2.05) is 25.1 Å². The van der Waals surface area contributed by atoms with Crippen LogP contribution >= 0.6 is 0 Å². The van der Waals surface area contributed by atoms with Crippen LogP contribution in [0.1, 0.15) is 29.4 Å². The lowest BCUT2D eigenvalue weighted by Gasteiger charge is -2.12. The third-order valence-corrected chi connectivity index (χ3v) is 3.59. The van der Waals surface area contributed by atoms with Gasteiger partial charge < -0.3 is 15.8 Å². The monoisotopic (exact) mass is 285 g/mol. The molecule has 0 radical (unpaired) electrons. The largest absolute Gasteiger partial charge is 0.383 e. The Kier molecular flexibility index (Phi) is 3.96. The summed E-state index contributed by atoms with van der Waals surface area (Å²) in [7, 11) is 0. The number of aromatic nitrogens is 3. The highest BCUT2D eigenvalue weighted by Crippen LogP contribution is 2.25. The molecule has 1 unspecified atom stereocenters. The van der Waals surface area contributed by atoms with E-state index < -0.39 is 0 Å². The van der Waals surface area contributed by atoms with Gasteiger partial charge in [-0.1, -0.05) is 6.07 Å². The summed E-state index contributed by atoms with van der Waals surface area (Å²) in [5, 5.41) is 3.29. The predicted molar refractivity (Wildman–Crippen MR) is 80.9 cm³/mol. The zero-order valence-corrected chi connectivity index (χ0v) is 12.0. The molecule has 2 aromatic rings. The molecule has 3 heterocycles. The van der Waals surface area contributed by atoms with Crippen molar-refractivity contribution in [1.82, 2.24) is 15.0 Å². The number of nitrogen functional groups attached to an aromatic ring is 1. The van der Waals surface area contributed by atoms with Gasteiger partial charge in [-0.15, -0.1) is 0 Å². The zero-order chi connectivity index (χ0) is 14.7. The van der Waals surface area contributed by atoms with E-state index in [2.05, 4.69) is 20.3 Å². The summed E-state index contributed by atoms with van der Waals surface area (Å²) < 4.78 is 5.43. The van der Waals surface area contributed by atoms with E-state index in [4.69, 9.17) is 10.5 Å². The first-order valence-corrected chi connectivity index (χ1v) is 7.09. The minimum atomic E-state index is 0.371. The molecule has 3 N–H and O–H groups in total. The average molecular weight is 285 g/mol. The van der Waals surface area contributed by atoms with Crippen LogP contribution in [0.15, 0.2) is 24.4 Å². The van der Waals surface area contributed by atoms with Crippen molar-refractivity contribution >= 4 is 11.6 Å². The Morgan fingerprint density at radius 1 is 1.43 bits per heavy atom. The van der Waals surface area contributed by atoms with Crippen molar-refractivity contribution in [3.05, 3.63) is 41.5 Å². The molecule has 6 heteroatoms. The highest BCUT2D eigenvalue weighted by Gasteiger charge is 2.20. The van der Waals surface area contributed by atoms with E-state index in [9.17, 15) is 0 Å². The minimum absolute atomic E-state index is 0.371. The minimum Gasteiger partial charge on any atom is -0.383 e. The van der Waals surface area contributed by atoms with E-state index in [0.717, 1.165) is 42.5 Å². The van der Waals surface area contributed by atoms with Crippen molar-refractivity contribution in [3.63, 3.8) is 0 Å². The summed E-state index contributed by atoms with van der Waals surface area (Å²) in [6, 6.07) is 5.83. The molecule has 0 aromatic carbocycles. The van der Waals surface area contributed by atoms with E-state index in [1.165, 1.54) is 0 Å². The quantitative estimate of drug-likeness (QED) is 0.892. The van der Waals surface area contributed by atoms with Crippen LogP contribution in [0.25, 0.3) is 0 Å². The van der Waals surface area contributed by atoms with Crippen molar-refractivity contribution in [2.75, 3.05) is 24.3 Å². The number of anilines is 2. The van der Waals surface area contributed by atoms with Crippen molar-refractivity contribution < 1.29 is 4.74 Å². The van der Waals surface area contributed by atoms with Crippen molar-refractivity contribution in [2.24, 2.45) is 0 Å². The summed E-state index contributed by atoms with van der Waals surface area (Å²) in [5.74, 6) is 2.49. The zero-order valence-electron chi connectivity index (χ0n) is 12.0. The molecule has 0 bridgehead atoms. The van der Waals surface area contributed by atoms with Gasteiger partial charge in [-0.3, -0.25) is 0 Å². The highest BCUT2D eigenvalue weighted by atomic mass is 16.5. The van der Waals surface area contributed by atoms with Crippen LogP contribution in [0.5, 0.6) is 0 Å². The topological polar surface area (TPSA) is 86.0 Å². The SMILES string of the molecule is Cc1nc(NCc2cccnc2N)cc(C2CCOC2)n1. The fourth-order valence-corrected chi connectivity index (χ4v) is 2.44. The molecule has 3 rings (SSSR count). The molecule has 1 saturated heterocycles. The number of nitrogens with two attached hydrogens (primary N) is 1. The van der Waals surface area contributed by atoms with Gasteiger partial charge in [0.15, 0.2) is 0 Å². The fraction of sp³-hybridized carbons (Fsp3) is 0.400. The molecule has 1 atom stereocenters. The van der Waals surface area contributed by atoms with Crippen molar-refractivity contribution in [2.45, 2.75) is 25.8 Å². The molecule has 0 spiro atoms. The van der Waals surface area contributed by atoms with Crippen LogP contribution in [0, 0.1) is 6.92 Å². The second-order valence-electron chi connectivity index (χ2n) is 5.19. The number of pyridine rings is 1. The van der Waals surface area contributed by atoms with Crippen LogP contribution < -0.4 is 11.1 Å². The summed E-state index contributed by atoms with van der Waals surface area (Å²) in [4.78, 5) is 13.0. The average Bonchev–Trinajstić information content (AvgIpc) is 3.00. The Hall–Kier alpha value is -2.21. The lowest BCUT2D eigenvalue weighted by atomic mass is 10.0. The first-order valence-electron chi connectivity index (χ1n) is 7.09.